The molecule has 1 amide bonds. The molecule has 0 saturated carbocycles. The summed E-state index contributed by atoms with van der Waals surface area (Å²) < 4.78 is 5.26. The van der Waals surface area contributed by atoms with E-state index < -0.39 is 0 Å². The molecule has 2 rings (SSSR count). The molecule has 0 unspecified atom stereocenters. The first-order chi connectivity index (χ1) is 10.6. The van der Waals surface area contributed by atoms with Crippen molar-refractivity contribution in [1.82, 2.24) is 15.1 Å². The number of amides is 1. The fourth-order valence-corrected chi connectivity index (χ4v) is 2.07. The van der Waals surface area contributed by atoms with Crippen molar-refractivity contribution >= 4 is 29.2 Å². The summed E-state index contributed by atoms with van der Waals surface area (Å²) in [4.78, 5) is 13.3. The van der Waals surface area contributed by atoms with Crippen LogP contribution < -0.4 is 11.5 Å². The lowest BCUT2D eigenvalue weighted by Gasteiger charge is -2.29. The van der Waals surface area contributed by atoms with Gasteiger partial charge in [0.2, 0.25) is 0 Å². The van der Waals surface area contributed by atoms with Crippen molar-refractivity contribution in [3.8, 4) is 0 Å². The second-order valence-electron chi connectivity index (χ2n) is 6.44. The molecule has 2 heterocycles. The number of likely N-dealkylation sites (tertiary alicyclic amines) is 1. The Hall–Kier alpha value is -1.76. The predicted molar refractivity (Wildman–Crippen MR) is 92.3 cm³/mol. The van der Waals surface area contributed by atoms with Gasteiger partial charge in [0.25, 0.3) is 0 Å². The smallest absolute Gasteiger partial charge is 0.410 e. The number of hydrogen-bond acceptors (Lipinski definition) is 6. The van der Waals surface area contributed by atoms with Crippen LogP contribution in [0.5, 0.6) is 0 Å². The van der Waals surface area contributed by atoms with Crippen LogP contribution in [0.4, 0.5) is 16.3 Å². The zero-order valence-corrected chi connectivity index (χ0v) is 15.0. The fourth-order valence-electron chi connectivity index (χ4n) is 1.93. The second kappa shape index (κ2) is 8.19. The Morgan fingerprint density at radius 3 is 2.22 bits per heavy atom. The largest absolute Gasteiger partial charge is 0.444 e. The van der Waals surface area contributed by atoms with Crippen LogP contribution in [0.1, 0.15) is 45.6 Å². The molecule has 1 fully saturated rings. The molecule has 0 aliphatic carbocycles. The zero-order chi connectivity index (χ0) is 17.6. The van der Waals surface area contributed by atoms with Crippen molar-refractivity contribution < 1.29 is 9.53 Å². The Morgan fingerprint density at radius 2 is 1.74 bits per heavy atom. The van der Waals surface area contributed by atoms with Gasteiger partial charge in [-0.25, -0.2) is 4.79 Å². The molecule has 0 aromatic carbocycles. The number of carbonyl (C=O) groups is 1. The molecule has 1 aliphatic heterocycles. The molecular weight excluding hydrogens is 318 g/mol. The minimum Gasteiger partial charge on any atom is -0.444 e. The van der Waals surface area contributed by atoms with Crippen molar-refractivity contribution in [3.63, 3.8) is 0 Å². The van der Waals surface area contributed by atoms with Crippen LogP contribution in [0.15, 0.2) is 0 Å². The van der Waals surface area contributed by atoms with Gasteiger partial charge in [-0.05, 0) is 47.0 Å². The van der Waals surface area contributed by atoms with Gasteiger partial charge in [0, 0.05) is 18.7 Å². The average molecular weight is 344 g/mol. The first-order valence-electron chi connectivity index (χ1n) is 7.63. The normalized spacial score (nSPS) is 14.7. The summed E-state index contributed by atoms with van der Waals surface area (Å²) in [6.45, 7) is 9.14. The van der Waals surface area contributed by atoms with E-state index in [1.807, 2.05) is 20.8 Å². The van der Waals surface area contributed by atoms with Crippen LogP contribution in [0.2, 0.25) is 5.15 Å². The van der Waals surface area contributed by atoms with Crippen LogP contribution >= 0.6 is 11.6 Å². The standard InChI is InChI=1S/C10H19NO2.C5H7ClN4/c1-10(2,3)13-9(12)11-7-5-4-6-8-11;1-2-3(7)5(8)10-9-4(2)6/h4-8H2,1-3H3;1H3,(H2,7,9)(H2,8,10). The molecule has 4 N–H and O–H groups in total. The van der Waals surface area contributed by atoms with Crippen molar-refractivity contribution in [3.05, 3.63) is 10.7 Å². The number of hydrogen-bond donors (Lipinski definition) is 2. The van der Waals surface area contributed by atoms with E-state index in [1.54, 1.807) is 11.8 Å². The van der Waals surface area contributed by atoms with E-state index in [0.29, 0.717) is 16.4 Å². The Bertz CT molecular complexity index is 512. The predicted octanol–water partition coefficient (Wildman–Crippen LogP) is 3.01. The highest BCUT2D eigenvalue weighted by Crippen LogP contribution is 2.21. The number of aromatic nitrogens is 2. The van der Waals surface area contributed by atoms with E-state index in [2.05, 4.69) is 10.2 Å². The third-order valence-corrected chi connectivity index (χ3v) is 3.60. The van der Waals surface area contributed by atoms with E-state index in [4.69, 9.17) is 27.8 Å². The number of nitrogens with zero attached hydrogens (tertiary/aromatic N) is 3. The minimum absolute atomic E-state index is 0.160. The highest BCUT2D eigenvalue weighted by atomic mass is 35.5. The summed E-state index contributed by atoms with van der Waals surface area (Å²) in [6, 6.07) is 0. The number of piperidine rings is 1. The topological polar surface area (TPSA) is 107 Å². The number of carbonyl (C=O) groups excluding carboxylic acids is 1. The zero-order valence-electron chi connectivity index (χ0n) is 14.2. The molecule has 0 radical (unpaired) electrons. The molecule has 1 saturated heterocycles. The number of anilines is 2. The van der Waals surface area contributed by atoms with Crippen molar-refractivity contribution in [2.75, 3.05) is 24.6 Å². The molecule has 23 heavy (non-hydrogen) atoms. The number of ether oxygens (including phenoxy) is 1. The molecule has 7 nitrogen and oxygen atoms in total. The van der Waals surface area contributed by atoms with Crippen LogP contribution in [-0.2, 0) is 4.74 Å². The van der Waals surface area contributed by atoms with Gasteiger partial charge < -0.3 is 21.1 Å². The Labute approximate surface area is 142 Å². The lowest BCUT2D eigenvalue weighted by Crippen LogP contribution is -2.39. The van der Waals surface area contributed by atoms with Crippen molar-refractivity contribution in [2.45, 2.75) is 52.6 Å². The Balaban J connectivity index is 0.000000238. The summed E-state index contributed by atoms with van der Waals surface area (Å²) in [5, 5.41) is 7.36. The highest BCUT2D eigenvalue weighted by Gasteiger charge is 2.22. The summed E-state index contributed by atoms with van der Waals surface area (Å²) in [6.07, 6.45) is 3.30. The van der Waals surface area contributed by atoms with Gasteiger partial charge in [0.1, 0.15) is 5.60 Å². The number of nitrogen functional groups attached to an aromatic ring is 2. The summed E-state index contributed by atoms with van der Waals surface area (Å²) in [7, 11) is 0. The molecule has 0 atom stereocenters. The Morgan fingerprint density at radius 1 is 1.17 bits per heavy atom. The third kappa shape index (κ3) is 6.48. The van der Waals surface area contributed by atoms with Crippen LogP contribution in [0.25, 0.3) is 0 Å². The summed E-state index contributed by atoms with van der Waals surface area (Å²) in [5.74, 6) is 0.224. The maximum Gasteiger partial charge on any atom is 0.410 e. The average Bonchev–Trinajstić information content (AvgIpc) is 2.49. The van der Waals surface area contributed by atoms with Crippen LogP contribution in [0.3, 0.4) is 0 Å². The maximum absolute atomic E-state index is 11.5. The summed E-state index contributed by atoms with van der Waals surface area (Å²) >= 11 is 5.58. The van der Waals surface area contributed by atoms with Gasteiger partial charge in [-0.2, -0.15) is 0 Å². The molecule has 1 aromatic heterocycles. The molecule has 0 spiro atoms. The minimum atomic E-state index is -0.367. The third-order valence-electron chi connectivity index (χ3n) is 3.24. The van der Waals surface area contributed by atoms with Crippen molar-refractivity contribution in [2.24, 2.45) is 0 Å². The van der Waals surface area contributed by atoms with E-state index >= 15 is 0 Å². The fraction of sp³-hybridized carbons (Fsp3) is 0.667. The highest BCUT2D eigenvalue weighted by molar-refractivity contribution is 6.30. The monoisotopic (exact) mass is 343 g/mol. The molecular formula is C15H26ClN5O2. The first-order valence-corrected chi connectivity index (χ1v) is 8.01. The van der Waals surface area contributed by atoms with Crippen LogP contribution in [0, 0.1) is 6.92 Å². The SMILES string of the molecule is CC(C)(C)OC(=O)N1CCCCC1.Cc1c(Cl)nnc(N)c1N. The van der Waals surface area contributed by atoms with Gasteiger partial charge in [-0.3, -0.25) is 0 Å². The van der Waals surface area contributed by atoms with Gasteiger partial charge >= 0.3 is 6.09 Å². The number of nitrogens with two attached hydrogens (primary N) is 2. The van der Waals surface area contributed by atoms with Crippen LogP contribution in [-0.4, -0.2) is 39.9 Å². The first kappa shape index (κ1) is 19.3. The van der Waals surface area contributed by atoms with Gasteiger partial charge in [-0.15, -0.1) is 10.2 Å². The van der Waals surface area contributed by atoms with E-state index in [1.165, 1.54) is 6.42 Å². The van der Waals surface area contributed by atoms with E-state index in [-0.39, 0.29) is 17.5 Å². The second-order valence-corrected chi connectivity index (χ2v) is 6.80. The Kier molecular flexibility index (Phi) is 6.87. The quantitative estimate of drug-likeness (QED) is 0.749. The molecule has 0 bridgehead atoms. The lowest BCUT2D eigenvalue weighted by molar-refractivity contribution is 0.0216. The van der Waals surface area contributed by atoms with Gasteiger partial charge in [0.15, 0.2) is 11.0 Å². The van der Waals surface area contributed by atoms with Crippen molar-refractivity contribution in [1.29, 1.82) is 0 Å². The molecule has 8 heteroatoms. The number of halogens is 1. The lowest BCUT2D eigenvalue weighted by atomic mass is 10.1. The molecule has 1 aromatic rings. The molecule has 130 valence electrons. The maximum atomic E-state index is 11.5. The van der Waals surface area contributed by atoms with E-state index in [0.717, 1.165) is 25.9 Å². The van der Waals surface area contributed by atoms with Gasteiger partial charge in [-0.1, -0.05) is 11.6 Å². The summed E-state index contributed by atoms with van der Waals surface area (Å²) in [5.41, 5.74) is 11.5. The molecule has 1 aliphatic rings. The number of rotatable bonds is 0. The van der Waals surface area contributed by atoms with Gasteiger partial charge in [0.05, 0.1) is 5.69 Å². The van der Waals surface area contributed by atoms with E-state index in [9.17, 15) is 4.79 Å².